The van der Waals surface area contributed by atoms with Crippen LogP contribution in [0.3, 0.4) is 0 Å². The minimum absolute atomic E-state index is 0.190. The lowest BCUT2D eigenvalue weighted by molar-refractivity contribution is 0.571. The number of halogens is 2. The molecule has 23 heavy (non-hydrogen) atoms. The molecule has 1 aromatic heterocycles. The highest BCUT2D eigenvalue weighted by molar-refractivity contribution is 7.83. The Morgan fingerprint density at radius 3 is 2.48 bits per heavy atom. The van der Waals surface area contributed by atoms with Crippen molar-refractivity contribution in [3.8, 4) is 11.5 Å². The first-order chi connectivity index (χ1) is 11.1. The van der Waals surface area contributed by atoms with Crippen LogP contribution in [0.2, 0.25) is 0 Å². The van der Waals surface area contributed by atoms with Crippen LogP contribution < -0.4 is 0 Å². The highest BCUT2D eigenvalue weighted by Crippen LogP contribution is 2.20. The number of rotatable bonds is 5. The van der Waals surface area contributed by atoms with Crippen molar-refractivity contribution in [2.45, 2.75) is 11.5 Å². The molecular formula is C17H13F2NO2S. The SMILES string of the molecule is O=[S@](Cc1cccc(F)c1)Cc1coc(-c2cccc(F)c2)n1. The van der Waals surface area contributed by atoms with Gasteiger partial charge < -0.3 is 4.42 Å². The maximum atomic E-state index is 13.2. The Morgan fingerprint density at radius 2 is 1.74 bits per heavy atom. The first-order valence-electron chi connectivity index (χ1n) is 6.90. The fraction of sp³-hybridized carbons (Fsp3) is 0.118. The lowest BCUT2D eigenvalue weighted by Gasteiger charge is -2.00. The van der Waals surface area contributed by atoms with Crippen LogP contribution >= 0.6 is 0 Å². The third-order valence-corrected chi connectivity index (χ3v) is 4.42. The highest BCUT2D eigenvalue weighted by atomic mass is 32.2. The Kier molecular flexibility index (Phi) is 4.62. The summed E-state index contributed by atoms with van der Waals surface area (Å²) < 4.78 is 43.8. The number of benzene rings is 2. The second kappa shape index (κ2) is 6.83. The number of oxazole rings is 1. The van der Waals surface area contributed by atoms with Crippen LogP contribution in [0.5, 0.6) is 0 Å². The van der Waals surface area contributed by atoms with Crippen LogP contribution in [0.15, 0.2) is 59.2 Å². The lowest BCUT2D eigenvalue weighted by atomic mass is 10.2. The monoisotopic (exact) mass is 333 g/mol. The molecule has 118 valence electrons. The van der Waals surface area contributed by atoms with Crippen molar-refractivity contribution in [2.24, 2.45) is 0 Å². The van der Waals surface area contributed by atoms with E-state index in [1.807, 2.05) is 0 Å². The van der Waals surface area contributed by atoms with Crippen molar-refractivity contribution < 1.29 is 17.4 Å². The summed E-state index contributed by atoms with van der Waals surface area (Å²) in [6.07, 6.45) is 1.41. The number of aromatic nitrogens is 1. The standard InChI is InChI=1S/C17H13F2NO2S/c18-14-5-1-3-12(7-14)10-23(21)11-16-9-22-17(20-16)13-4-2-6-15(19)8-13/h1-9H,10-11H2/t23-/m1/s1. The molecule has 0 fully saturated rings. The van der Waals surface area contributed by atoms with Crippen molar-refractivity contribution in [2.75, 3.05) is 0 Å². The molecule has 0 aliphatic carbocycles. The van der Waals surface area contributed by atoms with Crippen LogP contribution in [0.25, 0.3) is 11.5 Å². The minimum atomic E-state index is -1.24. The second-order valence-corrected chi connectivity index (χ2v) is 6.47. The molecule has 3 nitrogen and oxygen atoms in total. The average Bonchev–Trinajstić information content (AvgIpc) is 2.95. The Labute approximate surface area is 134 Å². The molecule has 0 N–H and O–H groups in total. The molecule has 1 heterocycles. The van der Waals surface area contributed by atoms with E-state index in [1.165, 1.54) is 30.5 Å². The molecule has 0 amide bonds. The van der Waals surface area contributed by atoms with Crippen LogP contribution in [0.4, 0.5) is 8.78 Å². The summed E-state index contributed by atoms with van der Waals surface area (Å²) in [4.78, 5) is 4.22. The Hall–Kier alpha value is -2.34. The summed E-state index contributed by atoms with van der Waals surface area (Å²) in [5, 5.41) is 0. The van der Waals surface area contributed by atoms with Gasteiger partial charge in [-0.25, -0.2) is 13.8 Å². The van der Waals surface area contributed by atoms with E-state index >= 15 is 0 Å². The van der Waals surface area contributed by atoms with E-state index < -0.39 is 10.8 Å². The molecule has 0 bridgehead atoms. The van der Waals surface area contributed by atoms with E-state index in [-0.39, 0.29) is 29.0 Å². The molecule has 0 aliphatic rings. The second-order valence-electron chi connectivity index (χ2n) is 5.01. The summed E-state index contributed by atoms with van der Waals surface area (Å²) in [7, 11) is -1.24. The normalized spacial score (nSPS) is 12.3. The van der Waals surface area contributed by atoms with Gasteiger partial charge in [0, 0.05) is 22.1 Å². The Balaban J connectivity index is 1.68. The maximum absolute atomic E-state index is 13.2. The number of hydrogen-bond donors (Lipinski definition) is 0. The van der Waals surface area contributed by atoms with Crippen LogP contribution in [0.1, 0.15) is 11.3 Å². The predicted molar refractivity (Wildman–Crippen MR) is 83.8 cm³/mol. The van der Waals surface area contributed by atoms with E-state index in [4.69, 9.17) is 4.42 Å². The predicted octanol–water partition coefficient (Wildman–Crippen LogP) is 4.07. The molecule has 0 aliphatic heterocycles. The number of hydrogen-bond acceptors (Lipinski definition) is 3. The van der Waals surface area contributed by atoms with Gasteiger partial charge in [0.2, 0.25) is 5.89 Å². The molecule has 0 radical (unpaired) electrons. The number of nitrogens with zero attached hydrogens (tertiary/aromatic N) is 1. The lowest BCUT2D eigenvalue weighted by Crippen LogP contribution is -2.00. The van der Waals surface area contributed by atoms with E-state index in [0.717, 1.165) is 0 Å². The summed E-state index contributed by atoms with van der Waals surface area (Å²) in [6, 6.07) is 11.9. The van der Waals surface area contributed by atoms with Crippen LogP contribution in [-0.2, 0) is 22.3 Å². The third kappa shape index (κ3) is 4.10. The van der Waals surface area contributed by atoms with Crippen molar-refractivity contribution in [3.05, 3.63) is 77.7 Å². The topological polar surface area (TPSA) is 43.1 Å². The van der Waals surface area contributed by atoms with Gasteiger partial charge in [0.1, 0.15) is 17.9 Å². The van der Waals surface area contributed by atoms with Crippen molar-refractivity contribution >= 4 is 10.8 Å². The fourth-order valence-corrected chi connectivity index (χ4v) is 3.27. The smallest absolute Gasteiger partial charge is 0.226 e. The zero-order valence-electron chi connectivity index (χ0n) is 12.0. The summed E-state index contributed by atoms with van der Waals surface area (Å²) in [5.74, 6) is -0.0246. The quantitative estimate of drug-likeness (QED) is 0.707. The molecule has 1 atom stereocenters. The van der Waals surface area contributed by atoms with Gasteiger partial charge in [-0.15, -0.1) is 0 Å². The molecule has 0 spiro atoms. The Bertz CT molecular complexity index is 848. The van der Waals surface area contributed by atoms with E-state index in [1.54, 1.807) is 24.3 Å². The van der Waals surface area contributed by atoms with Gasteiger partial charge in [-0.1, -0.05) is 18.2 Å². The van der Waals surface area contributed by atoms with Gasteiger partial charge in [0.05, 0.1) is 11.4 Å². The van der Waals surface area contributed by atoms with Gasteiger partial charge in [0.25, 0.3) is 0 Å². The van der Waals surface area contributed by atoms with Gasteiger partial charge in [-0.05, 0) is 35.9 Å². The first kappa shape index (κ1) is 15.6. The molecule has 0 unspecified atom stereocenters. The van der Waals surface area contributed by atoms with E-state index in [2.05, 4.69) is 4.98 Å². The minimum Gasteiger partial charge on any atom is -0.444 e. The molecule has 3 rings (SSSR count). The van der Waals surface area contributed by atoms with Crippen molar-refractivity contribution in [3.63, 3.8) is 0 Å². The zero-order chi connectivity index (χ0) is 16.2. The van der Waals surface area contributed by atoms with E-state index in [0.29, 0.717) is 16.8 Å². The Morgan fingerprint density at radius 1 is 1.00 bits per heavy atom. The summed E-state index contributed by atoms with van der Waals surface area (Å²) in [5.41, 5.74) is 1.70. The first-order valence-corrected chi connectivity index (χ1v) is 8.39. The molecular weight excluding hydrogens is 320 g/mol. The van der Waals surface area contributed by atoms with Crippen molar-refractivity contribution in [1.82, 2.24) is 4.98 Å². The van der Waals surface area contributed by atoms with Gasteiger partial charge in [-0.2, -0.15) is 0 Å². The van der Waals surface area contributed by atoms with Crippen molar-refractivity contribution in [1.29, 1.82) is 0 Å². The molecule has 0 saturated heterocycles. The van der Waals surface area contributed by atoms with Crippen LogP contribution in [-0.4, -0.2) is 9.19 Å². The molecule has 6 heteroatoms. The van der Waals surface area contributed by atoms with Gasteiger partial charge in [-0.3, -0.25) is 4.21 Å². The third-order valence-electron chi connectivity index (χ3n) is 3.15. The zero-order valence-corrected chi connectivity index (χ0v) is 12.9. The van der Waals surface area contributed by atoms with Crippen LogP contribution in [0, 0.1) is 11.6 Å². The summed E-state index contributed by atoms with van der Waals surface area (Å²) in [6.45, 7) is 0. The largest absolute Gasteiger partial charge is 0.444 e. The van der Waals surface area contributed by atoms with E-state index in [9.17, 15) is 13.0 Å². The molecule has 0 saturated carbocycles. The maximum Gasteiger partial charge on any atom is 0.226 e. The summed E-state index contributed by atoms with van der Waals surface area (Å²) >= 11 is 0. The van der Waals surface area contributed by atoms with Gasteiger partial charge >= 0.3 is 0 Å². The fourth-order valence-electron chi connectivity index (χ4n) is 2.16. The average molecular weight is 333 g/mol. The van der Waals surface area contributed by atoms with Gasteiger partial charge in [0.15, 0.2) is 0 Å². The molecule has 2 aromatic carbocycles. The molecule has 3 aromatic rings. The highest BCUT2D eigenvalue weighted by Gasteiger charge is 2.11.